The first-order valence-corrected chi connectivity index (χ1v) is 9.72. The predicted octanol–water partition coefficient (Wildman–Crippen LogP) is 3.86. The Kier molecular flexibility index (Phi) is 3.74. The van der Waals surface area contributed by atoms with Gasteiger partial charge in [-0.15, -0.1) is 11.3 Å². The number of thiazole rings is 1. The average Bonchev–Trinajstić information content (AvgIpc) is 3.17. The van der Waals surface area contributed by atoms with Crippen molar-refractivity contribution in [2.75, 3.05) is 36.0 Å². The van der Waals surface area contributed by atoms with E-state index in [-0.39, 0.29) is 0 Å². The molecule has 0 radical (unpaired) electrons. The Hall–Kier alpha value is -2.67. The number of hydrogen-bond acceptors (Lipinski definition) is 7. The van der Waals surface area contributed by atoms with Crippen LogP contribution in [-0.4, -0.2) is 41.1 Å². The van der Waals surface area contributed by atoms with E-state index in [9.17, 15) is 0 Å². The molecule has 1 saturated heterocycles. The first-order chi connectivity index (χ1) is 12.8. The number of rotatable bonds is 2. The monoisotopic (exact) mass is 365 g/mol. The van der Waals surface area contributed by atoms with Crippen molar-refractivity contribution < 1.29 is 4.42 Å². The van der Waals surface area contributed by atoms with Crippen molar-refractivity contribution >= 4 is 44.4 Å². The lowest BCUT2D eigenvalue weighted by molar-refractivity contribution is 0.659. The van der Waals surface area contributed by atoms with Gasteiger partial charge < -0.3 is 14.2 Å². The Morgan fingerprint density at radius 3 is 2.77 bits per heavy atom. The summed E-state index contributed by atoms with van der Waals surface area (Å²) in [5.74, 6) is 0.892. The lowest BCUT2D eigenvalue weighted by Gasteiger charge is -2.22. The fourth-order valence-corrected chi connectivity index (χ4v) is 4.40. The molecule has 6 nitrogen and oxygen atoms in total. The number of anilines is 2. The van der Waals surface area contributed by atoms with Gasteiger partial charge in [-0.25, -0.2) is 15.0 Å². The van der Waals surface area contributed by atoms with E-state index in [2.05, 4.69) is 30.1 Å². The number of benzene rings is 1. The maximum atomic E-state index is 6.10. The number of para-hydroxylation sites is 1. The summed E-state index contributed by atoms with van der Waals surface area (Å²) in [5.41, 5.74) is 3.62. The van der Waals surface area contributed by atoms with Crippen LogP contribution in [0.25, 0.3) is 22.1 Å². The quantitative estimate of drug-likeness (QED) is 0.538. The average molecular weight is 365 g/mol. The molecule has 0 spiro atoms. The number of aryl methyl sites for hydroxylation is 1. The standard InChI is InChI=1S/C19H19N5OS/c1-13-11-26-19(22-13)24-8-4-7-23(9-10-24)18-17-16(20-12-21-18)14-5-2-3-6-15(14)25-17/h2-3,5-6,11-12H,4,7-10H2,1H3. The molecule has 4 heterocycles. The van der Waals surface area contributed by atoms with Crippen LogP contribution in [0.5, 0.6) is 0 Å². The van der Waals surface area contributed by atoms with Crippen LogP contribution >= 0.6 is 11.3 Å². The molecule has 0 amide bonds. The molecule has 1 aromatic carbocycles. The van der Waals surface area contributed by atoms with Crippen LogP contribution in [0.1, 0.15) is 12.1 Å². The Morgan fingerprint density at radius 2 is 1.88 bits per heavy atom. The van der Waals surface area contributed by atoms with E-state index < -0.39 is 0 Å². The summed E-state index contributed by atoms with van der Waals surface area (Å²) in [6.45, 7) is 5.83. The molecule has 1 aliphatic heterocycles. The molecule has 5 rings (SSSR count). The fourth-order valence-electron chi connectivity index (χ4n) is 3.54. The molecular weight excluding hydrogens is 346 g/mol. The van der Waals surface area contributed by atoms with Crippen LogP contribution in [0, 0.1) is 6.92 Å². The zero-order valence-corrected chi connectivity index (χ0v) is 15.4. The molecule has 3 aromatic heterocycles. The summed E-state index contributed by atoms with van der Waals surface area (Å²) in [7, 11) is 0. The Morgan fingerprint density at radius 1 is 1.04 bits per heavy atom. The number of aromatic nitrogens is 3. The molecule has 0 atom stereocenters. The maximum Gasteiger partial charge on any atom is 0.196 e. The molecular formula is C19H19N5OS. The second-order valence-electron chi connectivity index (χ2n) is 6.57. The number of nitrogens with zero attached hydrogens (tertiary/aromatic N) is 5. The molecule has 1 aliphatic rings. The molecule has 4 aromatic rings. The van der Waals surface area contributed by atoms with Gasteiger partial charge in [-0.2, -0.15) is 0 Å². The van der Waals surface area contributed by atoms with Gasteiger partial charge in [0.15, 0.2) is 16.5 Å². The zero-order chi connectivity index (χ0) is 17.5. The Bertz CT molecular complexity index is 1070. The highest BCUT2D eigenvalue weighted by atomic mass is 32.1. The molecule has 0 bridgehead atoms. The third-order valence-corrected chi connectivity index (χ3v) is 5.83. The Balaban J connectivity index is 1.48. The van der Waals surface area contributed by atoms with E-state index >= 15 is 0 Å². The SMILES string of the molecule is Cc1csc(N2CCCN(c3ncnc4c3oc3ccccc34)CC2)n1. The molecule has 0 saturated carbocycles. The van der Waals surface area contributed by atoms with Crippen LogP contribution in [0.4, 0.5) is 10.9 Å². The summed E-state index contributed by atoms with van der Waals surface area (Å²) in [4.78, 5) is 18.3. The molecule has 7 heteroatoms. The van der Waals surface area contributed by atoms with Crippen LogP contribution < -0.4 is 9.80 Å². The van der Waals surface area contributed by atoms with E-state index in [1.807, 2.05) is 31.2 Å². The van der Waals surface area contributed by atoms with Crippen molar-refractivity contribution in [3.05, 3.63) is 41.7 Å². The second-order valence-corrected chi connectivity index (χ2v) is 7.41. The highest BCUT2D eigenvalue weighted by Crippen LogP contribution is 2.32. The predicted molar refractivity (Wildman–Crippen MR) is 105 cm³/mol. The van der Waals surface area contributed by atoms with Crippen LogP contribution in [-0.2, 0) is 0 Å². The highest BCUT2D eigenvalue weighted by Gasteiger charge is 2.22. The third-order valence-electron chi connectivity index (χ3n) is 4.81. The molecule has 1 fully saturated rings. The van der Waals surface area contributed by atoms with E-state index in [4.69, 9.17) is 4.42 Å². The van der Waals surface area contributed by atoms with Gasteiger partial charge in [0.1, 0.15) is 17.4 Å². The van der Waals surface area contributed by atoms with Crippen LogP contribution in [0.15, 0.2) is 40.4 Å². The summed E-state index contributed by atoms with van der Waals surface area (Å²) in [5, 5.41) is 4.27. The van der Waals surface area contributed by atoms with E-state index in [1.54, 1.807) is 17.7 Å². The maximum absolute atomic E-state index is 6.10. The van der Waals surface area contributed by atoms with Gasteiger partial charge in [-0.3, -0.25) is 0 Å². The number of furan rings is 1. The van der Waals surface area contributed by atoms with Gasteiger partial charge >= 0.3 is 0 Å². The van der Waals surface area contributed by atoms with Crippen LogP contribution in [0.3, 0.4) is 0 Å². The number of fused-ring (bicyclic) bond motifs is 3. The lowest BCUT2D eigenvalue weighted by atomic mass is 10.2. The summed E-state index contributed by atoms with van der Waals surface area (Å²) in [6.07, 6.45) is 2.71. The first kappa shape index (κ1) is 15.6. The molecule has 0 N–H and O–H groups in total. The minimum Gasteiger partial charge on any atom is -0.450 e. The number of hydrogen-bond donors (Lipinski definition) is 0. The van der Waals surface area contributed by atoms with Gasteiger partial charge in [0, 0.05) is 36.9 Å². The van der Waals surface area contributed by atoms with Crippen molar-refractivity contribution in [3.63, 3.8) is 0 Å². The van der Waals surface area contributed by atoms with Gasteiger partial charge in [-0.05, 0) is 25.5 Å². The van der Waals surface area contributed by atoms with Crippen molar-refractivity contribution in [1.29, 1.82) is 0 Å². The normalized spacial score (nSPS) is 15.7. The summed E-state index contributed by atoms with van der Waals surface area (Å²) in [6, 6.07) is 8.03. The summed E-state index contributed by atoms with van der Waals surface area (Å²) >= 11 is 1.72. The van der Waals surface area contributed by atoms with E-state index in [0.717, 1.165) is 71.3 Å². The van der Waals surface area contributed by atoms with Gasteiger partial charge in [0.25, 0.3) is 0 Å². The van der Waals surface area contributed by atoms with E-state index in [0.29, 0.717) is 0 Å². The van der Waals surface area contributed by atoms with Gasteiger partial charge in [0.05, 0.1) is 5.69 Å². The van der Waals surface area contributed by atoms with Gasteiger partial charge in [0.2, 0.25) is 0 Å². The molecule has 132 valence electrons. The minimum atomic E-state index is 0.784. The van der Waals surface area contributed by atoms with Crippen LogP contribution in [0.2, 0.25) is 0 Å². The van der Waals surface area contributed by atoms with Crippen molar-refractivity contribution in [1.82, 2.24) is 15.0 Å². The molecule has 0 unspecified atom stereocenters. The van der Waals surface area contributed by atoms with E-state index in [1.165, 1.54) is 0 Å². The second kappa shape index (κ2) is 6.25. The third kappa shape index (κ3) is 2.59. The van der Waals surface area contributed by atoms with Crippen molar-refractivity contribution in [2.45, 2.75) is 13.3 Å². The highest BCUT2D eigenvalue weighted by molar-refractivity contribution is 7.13. The van der Waals surface area contributed by atoms with Gasteiger partial charge in [-0.1, -0.05) is 12.1 Å². The minimum absolute atomic E-state index is 0.784. The van der Waals surface area contributed by atoms with Crippen molar-refractivity contribution in [3.8, 4) is 0 Å². The Labute approximate surface area is 155 Å². The smallest absolute Gasteiger partial charge is 0.196 e. The lowest BCUT2D eigenvalue weighted by Crippen LogP contribution is -2.31. The van der Waals surface area contributed by atoms with Crippen molar-refractivity contribution in [2.24, 2.45) is 0 Å². The largest absolute Gasteiger partial charge is 0.450 e. The zero-order valence-electron chi connectivity index (χ0n) is 14.6. The topological polar surface area (TPSA) is 58.3 Å². The molecule has 0 aliphatic carbocycles. The summed E-state index contributed by atoms with van der Waals surface area (Å²) < 4.78 is 6.10. The fraction of sp³-hybridized carbons (Fsp3) is 0.316. The first-order valence-electron chi connectivity index (χ1n) is 8.84. The molecule has 26 heavy (non-hydrogen) atoms.